The van der Waals surface area contributed by atoms with Gasteiger partial charge in [-0.25, -0.2) is 0 Å². The molecule has 0 fully saturated rings. The number of aryl methyl sites for hydroxylation is 1. The van der Waals surface area contributed by atoms with E-state index in [1.54, 1.807) is 12.4 Å². The maximum atomic E-state index is 6.10. The van der Waals surface area contributed by atoms with E-state index in [0.717, 1.165) is 36.9 Å². The third kappa shape index (κ3) is 5.61. The van der Waals surface area contributed by atoms with E-state index in [2.05, 4.69) is 39.7 Å². The number of rotatable bonds is 7. The Balaban J connectivity index is 2.00. The van der Waals surface area contributed by atoms with Crippen LogP contribution in [0.5, 0.6) is 0 Å². The largest absolute Gasteiger partial charge is 0.357 e. The number of hydrogen-bond donors (Lipinski definition) is 2. The molecule has 0 aliphatic heterocycles. The highest BCUT2D eigenvalue weighted by molar-refractivity contribution is 6.42. The Hall–Kier alpha value is -1.79. The highest BCUT2D eigenvalue weighted by Crippen LogP contribution is 2.25. The summed E-state index contributed by atoms with van der Waals surface area (Å²) in [5, 5.41) is 15.8. The van der Waals surface area contributed by atoms with Crippen molar-refractivity contribution in [1.29, 1.82) is 0 Å². The number of halogens is 2. The molecule has 0 saturated heterocycles. The van der Waals surface area contributed by atoms with E-state index in [4.69, 9.17) is 23.2 Å². The zero-order valence-electron chi connectivity index (χ0n) is 14.8. The van der Waals surface area contributed by atoms with Gasteiger partial charge in [0.05, 0.1) is 22.6 Å². The average Bonchev–Trinajstić information content (AvgIpc) is 3.05. The standard InChI is InChI=1S/C17H24Cl2N6/c1-4-16-24-22-11-25(16)9-8-21-17(20-5-2)23-12(3)13-6-7-14(18)15(19)10-13/h6-7,10-12H,4-5,8-9H2,1-3H3,(H2,20,21,23). The van der Waals surface area contributed by atoms with Crippen molar-refractivity contribution in [2.75, 3.05) is 13.1 Å². The Morgan fingerprint density at radius 2 is 2.08 bits per heavy atom. The van der Waals surface area contributed by atoms with Gasteiger partial charge in [0.2, 0.25) is 0 Å². The number of aliphatic imine (C=N–C) groups is 1. The number of nitrogens with zero attached hydrogens (tertiary/aromatic N) is 4. The molecule has 2 aromatic rings. The number of guanidine groups is 1. The first-order chi connectivity index (χ1) is 12.0. The lowest BCUT2D eigenvalue weighted by Gasteiger charge is -2.18. The Morgan fingerprint density at radius 3 is 2.76 bits per heavy atom. The Kier molecular flexibility index (Phi) is 7.52. The predicted octanol–water partition coefficient (Wildman–Crippen LogP) is 3.46. The van der Waals surface area contributed by atoms with Gasteiger partial charge in [-0.05, 0) is 31.5 Å². The molecular weight excluding hydrogens is 359 g/mol. The molecule has 1 heterocycles. The van der Waals surface area contributed by atoms with Crippen molar-refractivity contribution in [3.8, 4) is 0 Å². The average molecular weight is 383 g/mol. The van der Waals surface area contributed by atoms with Crippen molar-refractivity contribution in [3.63, 3.8) is 0 Å². The van der Waals surface area contributed by atoms with E-state index < -0.39 is 0 Å². The minimum Gasteiger partial charge on any atom is -0.357 e. The summed E-state index contributed by atoms with van der Waals surface area (Å²) >= 11 is 12.1. The molecule has 25 heavy (non-hydrogen) atoms. The number of benzene rings is 1. The molecule has 0 radical (unpaired) electrons. The van der Waals surface area contributed by atoms with Gasteiger partial charge in [0.1, 0.15) is 12.2 Å². The zero-order valence-corrected chi connectivity index (χ0v) is 16.3. The summed E-state index contributed by atoms with van der Waals surface area (Å²) in [5.74, 6) is 1.73. The first-order valence-corrected chi connectivity index (χ1v) is 9.17. The van der Waals surface area contributed by atoms with Crippen LogP contribution in [0.2, 0.25) is 10.0 Å². The highest BCUT2D eigenvalue weighted by atomic mass is 35.5. The molecule has 1 atom stereocenters. The lowest BCUT2D eigenvalue weighted by molar-refractivity contribution is 0.650. The van der Waals surface area contributed by atoms with Gasteiger partial charge >= 0.3 is 0 Å². The summed E-state index contributed by atoms with van der Waals surface area (Å²) in [6.45, 7) is 8.32. The summed E-state index contributed by atoms with van der Waals surface area (Å²) in [6.07, 6.45) is 2.60. The molecule has 8 heteroatoms. The van der Waals surface area contributed by atoms with Gasteiger partial charge in [-0.15, -0.1) is 10.2 Å². The SMILES string of the molecule is CCNC(=NCCn1cnnc1CC)NC(C)c1ccc(Cl)c(Cl)c1. The lowest BCUT2D eigenvalue weighted by Crippen LogP contribution is -2.39. The fourth-order valence-electron chi connectivity index (χ4n) is 2.40. The van der Waals surface area contributed by atoms with Crippen LogP contribution in [0.15, 0.2) is 29.5 Å². The normalized spacial score (nSPS) is 12.9. The van der Waals surface area contributed by atoms with Crippen LogP contribution >= 0.6 is 23.2 Å². The molecule has 0 saturated carbocycles. The van der Waals surface area contributed by atoms with Gasteiger partial charge in [-0.2, -0.15) is 0 Å². The second kappa shape index (κ2) is 9.63. The van der Waals surface area contributed by atoms with E-state index in [1.807, 2.05) is 23.6 Å². The van der Waals surface area contributed by atoms with Gasteiger partial charge in [-0.3, -0.25) is 4.99 Å². The molecule has 136 valence electrons. The molecular formula is C17H24Cl2N6. The molecule has 0 aliphatic rings. The highest BCUT2D eigenvalue weighted by Gasteiger charge is 2.10. The van der Waals surface area contributed by atoms with Gasteiger partial charge in [-0.1, -0.05) is 36.2 Å². The number of nitrogens with one attached hydrogen (secondary N) is 2. The van der Waals surface area contributed by atoms with Gasteiger partial charge in [0.25, 0.3) is 0 Å². The summed E-state index contributed by atoms with van der Waals surface area (Å²) < 4.78 is 2.02. The molecule has 1 aromatic carbocycles. The van der Waals surface area contributed by atoms with Crippen LogP contribution in [-0.2, 0) is 13.0 Å². The van der Waals surface area contributed by atoms with Crippen molar-refractivity contribution in [2.24, 2.45) is 4.99 Å². The van der Waals surface area contributed by atoms with Crippen LogP contribution in [-0.4, -0.2) is 33.8 Å². The minimum atomic E-state index is 0.0497. The third-order valence-corrected chi connectivity index (χ3v) is 4.50. The Labute approximate surface area is 158 Å². The van der Waals surface area contributed by atoms with Crippen LogP contribution in [0, 0.1) is 0 Å². The maximum Gasteiger partial charge on any atom is 0.191 e. The smallest absolute Gasteiger partial charge is 0.191 e. The van der Waals surface area contributed by atoms with Crippen LogP contribution in [0.1, 0.15) is 38.2 Å². The summed E-state index contributed by atoms with van der Waals surface area (Å²) in [5.41, 5.74) is 1.05. The van der Waals surface area contributed by atoms with E-state index in [9.17, 15) is 0 Å². The molecule has 0 spiro atoms. The molecule has 2 N–H and O–H groups in total. The topological polar surface area (TPSA) is 67.1 Å². The molecule has 0 aliphatic carbocycles. The summed E-state index contributed by atoms with van der Waals surface area (Å²) in [7, 11) is 0. The van der Waals surface area contributed by atoms with Crippen molar-refractivity contribution < 1.29 is 0 Å². The van der Waals surface area contributed by atoms with E-state index >= 15 is 0 Å². The number of aromatic nitrogens is 3. The van der Waals surface area contributed by atoms with E-state index in [1.165, 1.54) is 0 Å². The Bertz CT molecular complexity index is 713. The number of hydrogen-bond acceptors (Lipinski definition) is 3. The fraction of sp³-hybridized carbons (Fsp3) is 0.471. The maximum absolute atomic E-state index is 6.10. The first-order valence-electron chi connectivity index (χ1n) is 8.41. The predicted molar refractivity (Wildman–Crippen MR) is 103 cm³/mol. The van der Waals surface area contributed by atoms with Crippen LogP contribution in [0.3, 0.4) is 0 Å². The van der Waals surface area contributed by atoms with Gasteiger partial charge < -0.3 is 15.2 Å². The third-order valence-electron chi connectivity index (χ3n) is 3.76. The van der Waals surface area contributed by atoms with Crippen molar-refractivity contribution in [3.05, 3.63) is 46.0 Å². The fourth-order valence-corrected chi connectivity index (χ4v) is 2.71. The lowest BCUT2D eigenvalue weighted by atomic mass is 10.1. The molecule has 1 unspecified atom stereocenters. The molecule has 6 nitrogen and oxygen atoms in total. The second-order valence-corrected chi connectivity index (χ2v) is 6.41. The quantitative estimate of drug-likeness (QED) is 0.568. The van der Waals surface area contributed by atoms with Crippen molar-refractivity contribution in [1.82, 2.24) is 25.4 Å². The van der Waals surface area contributed by atoms with Gasteiger partial charge in [0, 0.05) is 19.5 Å². The van der Waals surface area contributed by atoms with E-state index in [0.29, 0.717) is 16.6 Å². The van der Waals surface area contributed by atoms with Crippen LogP contribution < -0.4 is 10.6 Å². The summed E-state index contributed by atoms with van der Waals surface area (Å²) in [4.78, 5) is 4.63. The van der Waals surface area contributed by atoms with Crippen molar-refractivity contribution >= 4 is 29.2 Å². The van der Waals surface area contributed by atoms with Crippen LogP contribution in [0.25, 0.3) is 0 Å². The molecule has 0 amide bonds. The summed E-state index contributed by atoms with van der Waals surface area (Å²) in [6, 6.07) is 5.68. The second-order valence-electron chi connectivity index (χ2n) is 5.59. The van der Waals surface area contributed by atoms with E-state index in [-0.39, 0.29) is 6.04 Å². The zero-order chi connectivity index (χ0) is 18.2. The molecule has 0 bridgehead atoms. The van der Waals surface area contributed by atoms with Crippen molar-refractivity contribution in [2.45, 2.75) is 39.8 Å². The monoisotopic (exact) mass is 382 g/mol. The molecule has 2 rings (SSSR count). The molecule has 1 aromatic heterocycles. The van der Waals surface area contributed by atoms with Crippen LogP contribution in [0.4, 0.5) is 0 Å². The first kappa shape index (κ1) is 19.5. The minimum absolute atomic E-state index is 0.0497. The Morgan fingerprint density at radius 1 is 1.28 bits per heavy atom. The van der Waals surface area contributed by atoms with Gasteiger partial charge in [0.15, 0.2) is 5.96 Å².